The Labute approximate surface area is 166 Å². The SMILES string of the molecule is CC(C)Oc1ncc(C(=O)Nc2ccc(Sc3nccn3C)cc2)cc1Cl. The normalized spacial score (nSPS) is 10.9. The molecular formula is C19H19ClN4O2S. The highest BCUT2D eigenvalue weighted by atomic mass is 35.5. The molecule has 2 aromatic heterocycles. The molecule has 0 bridgehead atoms. The smallest absolute Gasteiger partial charge is 0.257 e. The molecule has 0 aliphatic rings. The highest BCUT2D eigenvalue weighted by Gasteiger charge is 2.12. The molecule has 0 saturated heterocycles. The van der Waals surface area contributed by atoms with E-state index in [1.54, 1.807) is 24.0 Å². The standard InChI is InChI=1S/C19H19ClN4O2S/c1-12(2)26-18-16(20)10-13(11-22-18)17(25)23-14-4-6-15(7-5-14)27-19-21-8-9-24(19)3/h4-12H,1-3H3,(H,23,25). The summed E-state index contributed by atoms with van der Waals surface area (Å²) in [4.78, 5) is 21.8. The van der Waals surface area contributed by atoms with Gasteiger partial charge in [0.05, 0.1) is 11.7 Å². The number of amides is 1. The van der Waals surface area contributed by atoms with Crippen LogP contribution < -0.4 is 10.1 Å². The van der Waals surface area contributed by atoms with Gasteiger partial charge < -0.3 is 14.6 Å². The number of carbonyl (C=O) groups is 1. The fourth-order valence-corrected chi connectivity index (χ4v) is 3.24. The summed E-state index contributed by atoms with van der Waals surface area (Å²) in [5.41, 5.74) is 1.05. The summed E-state index contributed by atoms with van der Waals surface area (Å²) in [6.45, 7) is 3.77. The molecule has 0 fully saturated rings. The average molecular weight is 403 g/mol. The molecule has 0 aliphatic heterocycles. The number of nitrogens with one attached hydrogen (secondary N) is 1. The third kappa shape index (κ3) is 5.02. The minimum Gasteiger partial charge on any atom is -0.474 e. The Hall–Kier alpha value is -2.51. The fraction of sp³-hybridized carbons (Fsp3) is 0.211. The highest BCUT2D eigenvalue weighted by Crippen LogP contribution is 2.27. The first-order valence-electron chi connectivity index (χ1n) is 8.31. The monoisotopic (exact) mass is 402 g/mol. The predicted octanol–water partition coefficient (Wildman–Crippen LogP) is 4.66. The number of halogens is 1. The van der Waals surface area contributed by atoms with Gasteiger partial charge in [-0.05, 0) is 44.2 Å². The molecule has 0 saturated carbocycles. The molecule has 1 N–H and O–H groups in total. The first-order chi connectivity index (χ1) is 12.9. The third-order valence-corrected chi connectivity index (χ3v) is 4.87. The summed E-state index contributed by atoms with van der Waals surface area (Å²) >= 11 is 7.69. The van der Waals surface area contributed by atoms with Crippen molar-refractivity contribution in [1.29, 1.82) is 0 Å². The van der Waals surface area contributed by atoms with E-state index in [9.17, 15) is 4.79 Å². The van der Waals surface area contributed by atoms with Crippen LogP contribution in [0.15, 0.2) is 59.0 Å². The van der Waals surface area contributed by atoms with Gasteiger partial charge in [-0.3, -0.25) is 4.79 Å². The summed E-state index contributed by atoms with van der Waals surface area (Å²) in [5, 5.41) is 4.04. The second-order valence-electron chi connectivity index (χ2n) is 6.08. The molecule has 0 atom stereocenters. The molecule has 3 rings (SSSR count). The first kappa shape index (κ1) is 19.3. The summed E-state index contributed by atoms with van der Waals surface area (Å²) in [6, 6.07) is 9.09. The van der Waals surface area contributed by atoms with E-state index >= 15 is 0 Å². The van der Waals surface area contributed by atoms with Crippen LogP contribution in [0.4, 0.5) is 5.69 Å². The van der Waals surface area contributed by atoms with E-state index in [0.29, 0.717) is 22.2 Å². The van der Waals surface area contributed by atoms with Crippen LogP contribution in [0, 0.1) is 0 Å². The quantitative estimate of drug-likeness (QED) is 0.649. The van der Waals surface area contributed by atoms with Crippen LogP contribution >= 0.6 is 23.4 Å². The van der Waals surface area contributed by atoms with Crippen LogP contribution in [-0.4, -0.2) is 26.5 Å². The van der Waals surface area contributed by atoms with E-state index in [1.165, 1.54) is 6.20 Å². The van der Waals surface area contributed by atoms with E-state index in [-0.39, 0.29) is 12.0 Å². The highest BCUT2D eigenvalue weighted by molar-refractivity contribution is 7.99. The van der Waals surface area contributed by atoms with Crippen LogP contribution in [-0.2, 0) is 7.05 Å². The number of ether oxygens (including phenoxy) is 1. The minimum absolute atomic E-state index is 0.0446. The molecule has 0 unspecified atom stereocenters. The Balaban J connectivity index is 1.65. The average Bonchev–Trinajstić information content (AvgIpc) is 3.03. The van der Waals surface area contributed by atoms with Crippen molar-refractivity contribution in [2.75, 3.05) is 5.32 Å². The van der Waals surface area contributed by atoms with Gasteiger partial charge in [-0.15, -0.1) is 0 Å². The molecule has 2 heterocycles. The number of hydrogen-bond acceptors (Lipinski definition) is 5. The molecule has 6 nitrogen and oxygen atoms in total. The number of rotatable bonds is 6. The van der Waals surface area contributed by atoms with Crippen molar-refractivity contribution >= 4 is 35.0 Å². The van der Waals surface area contributed by atoms with E-state index in [4.69, 9.17) is 16.3 Å². The minimum atomic E-state index is -0.287. The van der Waals surface area contributed by atoms with Gasteiger partial charge in [0.25, 0.3) is 5.91 Å². The molecule has 1 amide bonds. The number of nitrogens with zero attached hydrogens (tertiary/aromatic N) is 3. The third-order valence-electron chi connectivity index (χ3n) is 3.52. The van der Waals surface area contributed by atoms with E-state index in [0.717, 1.165) is 10.1 Å². The van der Waals surface area contributed by atoms with E-state index in [1.807, 2.05) is 55.9 Å². The van der Waals surface area contributed by atoms with E-state index in [2.05, 4.69) is 15.3 Å². The number of carbonyl (C=O) groups excluding carboxylic acids is 1. The van der Waals surface area contributed by atoms with Crippen molar-refractivity contribution in [2.24, 2.45) is 7.05 Å². The van der Waals surface area contributed by atoms with Gasteiger partial charge in [0.1, 0.15) is 5.02 Å². The fourth-order valence-electron chi connectivity index (χ4n) is 2.22. The zero-order chi connectivity index (χ0) is 19.4. The number of pyridine rings is 1. The number of imidazole rings is 1. The molecule has 3 aromatic rings. The van der Waals surface area contributed by atoms with Crippen molar-refractivity contribution in [3.05, 3.63) is 59.5 Å². The Morgan fingerprint density at radius 3 is 2.59 bits per heavy atom. The van der Waals surface area contributed by atoms with Crippen molar-refractivity contribution in [2.45, 2.75) is 30.0 Å². The van der Waals surface area contributed by atoms with Gasteiger partial charge in [0.15, 0.2) is 5.16 Å². The maximum absolute atomic E-state index is 12.4. The van der Waals surface area contributed by atoms with Crippen LogP contribution in [0.1, 0.15) is 24.2 Å². The topological polar surface area (TPSA) is 69.0 Å². The predicted molar refractivity (Wildman–Crippen MR) is 107 cm³/mol. The molecule has 0 radical (unpaired) electrons. The Kier molecular flexibility index (Phi) is 6.03. The summed E-state index contributed by atoms with van der Waals surface area (Å²) < 4.78 is 7.43. The molecule has 1 aromatic carbocycles. The lowest BCUT2D eigenvalue weighted by molar-refractivity contribution is 0.102. The number of benzene rings is 1. The summed E-state index contributed by atoms with van der Waals surface area (Å²) in [7, 11) is 1.95. The Morgan fingerprint density at radius 2 is 2.00 bits per heavy atom. The van der Waals surface area contributed by atoms with Crippen LogP contribution in [0.5, 0.6) is 5.88 Å². The van der Waals surface area contributed by atoms with Gasteiger partial charge in [0.2, 0.25) is 5.88 Å². The maximum atomic E-state index is 12.4. The van der Waals surface area contributed by atoms with Crippen molar-refractivity contribution < 1.29 is 9.53 Å². The van der Waals surface area contributed by atoms with Gasteiger partial charge in [-0.1, -0.05) is 23.4 Å². The Morgan fingerprint density at radius 1 is 1.26 bits per heavy atom. The van der Waals surface area contributed by atoms with Gasteiger partial charge in [-0.2, -0.15) is 0 Å². The zero-order valence-corrected chi connectivity index (χ0v) is 16.7. The lowest BCUT2D eigenvalue weighted by atomic mass is 10.2. The number of aromatic nitrogens is 3. The summed E-state index contributed by atoms with van der Waals surface area (Å²) in [6.07, 6.45) is 5.06. The lowest BCUT2D eigenvalue weighted by Gasteiger charge is -2.11. The Bertz CT molecular complexity index is 941. The number of anilines is 1. The summed E-state index contributed by atoms with van der Waals surface area (Å²) in [5.74, 6) is 0.0314. The van der Waals surface area contributed by atoms with Crippen LogP contribution in [0.3, 0.4) is 0 Å². The largest absolute Gasteiger partial charge is 0.474 e. The molecular weight excluding hydrogens is 384 g/mol. The molecule has 27 heavy (non-hydrogen) atoms. The van der Waals surface area contributed by atoms with Gasteiger partial charge in [0, 0.05) is 36.2 Å². The maximum Gasteiger partial charge on any atom is 0.257 e. The van der Waals surface area contributed by atoms with E-state index < -0.39 is 0 Å². The molecule has 0 aliphatic carbocycles. The van der Waals surface area contributed by atoms with Gasteiger partial charge >= 0.3 is 0 Å². The number of aryl methyl sites for hydroxylation is 1. The molecule has 140 valence electrons. The number of hydrogen-bond donors (Lipinski definition) is 1. The second-order valence-corrected chi connectivity index (χ2v) is 7.53. The van der Waals surface area contributed by atoms with Crippen molar-refractivity contribution in [3.63, 3.8) is 0 Å². The zero-order valence-electron chi connectivity index (χ0n) is 15.1. The van der Waals surface area contributed by atoms with Crippen molar-refractivity contribution in [1.82, 2.24) is 14.5 Å². The first-order valence-corrected chi connectivity index (χ1v) is 9.50. The second kappa shape index (κ2) is 8.45. The lowest BCUT2D eigenvalue weighted by Crippen LogP contribution is -2.13. The molecule has 0 spiro atoms. The van der Waals surface area contributed by atoms with Gasteiger partial charge in [-0.25, -0.2) is 9.97 Å². The van der Waals surface area contributed by atoms with Crippen LogP contribution in [0.25, 0.3) is 0 Å². The van der Waals surface area contributed by atoms with Crippen molar-refractivity contribution in [3.8, 4) is 5.88 Å². The van der Waals surface area contributed by atoms with Crippen LogP contribution in [0.2, 0.25) is 5.02 Å². The molecule has 8 heteroatoms.